The number of hydrogen-bond acceptors (Lipinski definition) is 2. The van der Waals surface area contributed by atoms with E-state index < -0.39 is 0 Å². The summed E-state index contributed by atoms with van der Waals surface area (Å²) in [6.07, 6.45) is 3.98. The minimum atomic E-state index is 0. The molecule has 0 amide bonds. The summed E-state index contributed by atoms with van der Waals surface area (Å²) in [4.78, 5) is 0. The quantitative estimate of drug-likeness (QED) is 0.114. The van der Waals surface area contributed by atoms with Crippen molar-refractivity contribution in [2.75, 3.05) is 0 Å². The predicted molar refractivity (Wildman–Crippen MR) is 189 cm³/mol. The van der Waals surface area contributed by atoms with Gasteiger partial charge in [0.1, 0.15) is 11.5 Å². The second kappa shape index (κ2) is 13.9. The van der Waals surface area contributed by atoms with Crippen LogP contribution < -0.4 is 9.47 Å². The van der Waals surface area contributed by atoms with Crippen LogP contribution in [-0.2, 0) is 31.3 Å². The van der Waals surface area contributed by atoms with E-state index in [9.17, 15) is 0 Å². The van der Waals surface area contributed by atoms with Crippen LogP contribution >= 0.6 is 0 Å². The molecule has 0 heterocycles. The van der Waals surface area contributed by atoms with E-state index in [1.54, 1.807) is 0 Å². The van der Waals surface area contributed by atoms with E-state index in [1.165, 1.54) is 74.2 Å². The third-order valence-electron chi connectivity index (χ3n) is 8.89. The number of benzene rings is 4. The van der Waals surface area contributed by atoms with Crippen molar-refractivity contribution in [1.82, 2.24) is 0 Å². The Morgan fingerprint density at radius 2 is 0.978 bits per heavy atom. The van der Waals surface area contributed by atoms with Gasteiger partial charge in [0.25, 0.3) is 0 Å². The van der Waals surface area contributed by atoms with Gasteiger partial charge in [-0.2, -0.15) is 12.1 Å². The fourth-order valence-corrected chi connectivity index (χ4v) is 6.77. The van der Waals surface area contributed by atoms with Crippen molar-refractivity contribution in [2.24, 2.45) is 0 Å². The molecular formula is C42H44HfO2. The summed E-state index contributed by atoms with van der Waals surface area (Å²) < 4.78 is 11.8. The van der Waals surface area contributed by atoms with Gasteiger partial charge in [-0.25, -0.2) is 0 Å². The fourth-order valence-electron chi connectivity index (χ4n) is 6.77. The van der Waals surface area contributed by atoms with Gasteiger partial charge in [0, 0.05) is 0 Å². The van der Waals surface area contributed by atoms with Crippen LogP contribution in [0.25, 0.3) is 43.8 Å². The van der Waals surface area contributed by atoms with Crippen LogP contribution in [0.4, 0.5) is 0 Å². The van der Waals surface area contributed by atoms with E-state index in [2.05, 4.69) is 137 Å². The van der Waals surface area contributed by atoms with Crippen LogP contribution in [0, 0.1) is 14.9 Å². The van der Waals surface area contributed by atoms with Crippen molar-refractivity contribution >= 4 is 21.5 Å². The number of fused-ring (bicyclic) bond motifs is 2. The molecular weight excluding hydrogens is 715 g/mol. The van der Waals surface area contributed by atoms with E-state index >= 15 is 0 Å². The molecule has 1 fully saturated rings. The summed E-state index contributed by atoms with van der Waals surface area (Å²) in [5, 5.41) is 5.29. The molecule has 2 nitrogen and oxygen atoms in total. The molecule has 1 aliphatic rings. The monoisotopic (exact) mass is 760 g/mol. The SMILES string of the molecule is CC(C)Oc1ccc(-c2cccc3[cH-]c(C4(c5cc6c(-c7ccc(OC(C)C)cc7)cccc6[cH-]5)CCC4)cc23)cc1.[CH3-].[CH3-].[Hf+4]. The molecule has 6 aromatic rings. The minimum Gasteiger partial charge on any atom is -0.491 e. The van der Waals surface area contributed by atoms with E-state index in [-0.39, 0.29) is 58.3 Å². The zero-order valence-corrected chi connectivity index (χ0v) is 31.1. The molecule has 0 saturated heterocycles. The third-order valence-corrected chi connectivity index (χ3v) is 8.89. The standard InChI is InChI=1S/C40H38O2.2CH3.Hf/c1-26(2)41-34-16-12-28(13-17-34)36-10-5-8-30-22-32(24-38(30)36)40(20-7-21-40)33-23-31-9-6-11-37(39(31)25-33)29-14-18-35(19-15-29)42-27(3)4;;;/h5-6,8-19,22-27H,7,20-21H2,1-4H3;2*1H3;/q-2;2*-1;+4. The van der Waals surface area contributed by atoms with Crippen molar-refractivity contribution in [3.63, 3.8) is 0 Å². The van der Waals surface area contributed by atoms with Gasteiger partial charge in [-0.15, -0.1) is 69.1 Å². The minimum absolute atomic E-state index is 0. The smallest absolute Gasteiger partial charge is 0.491 e. The topological polar surface area (TPSA) is 18.5 Å². The molecule has 0 bridgehead atoms. The van der Waals surface area contributed by atoms with Crippen LogP contribution in [0.1, 0.15) is 58.1 Å². The summed E-state index contributed by atoms with van der Waals surface area (Å²) in [7, 11) is 0. The van der Waals surface area contributed by atoms with Crippen LogP contribution in [0.3, 0.4) is 0 Å². The van der Waals surface area contributed by atoms with Gasteiger partial charge in [0.05, 0.1) is 12.2 Å². The van der Waals surface area contributed by atoms with Crippen molar-refractivity contribution in [2.45, 2.75) is 64.6 Å². The maximum Gasteiger partial charge on any atom is 4.00 e. The van der Waals surface area contributed by atoms with Crippen LogP contribution in [0.15, 0.2) is 109 Å². The first-order chi connectivity index (χ1) is 20.4. The molecule has 228 valence electrons. The molecule has 0 spiro atoms. The molecule has 0 radical (unpaired) electrons. The number of hydrogen-bond donors (Lipinski definition) is 0. The van der Waals surface area contributed by atoms with Gasteiger partial charge in [0.2, 0.25) is 0 Å². The normalized spacial score (nSPS) is 13.6. The predicted octanol–water partition coefficient (Wildman–Crippen LogP) is 11.7. The Morgan fingerprint density at radius 3 is 1.31 bits per heavy atom. The van der Waals surface area contributed by atoms with Crippen molar-refractivity contribution in [3.05, 3.63) is 135 Å². The molecule has 0 aromatic heterocycles. The first-order valence-electron chi connectivity index (χ1n) is 15.3. The zero-order chi connectivity index (χ0) is 28.8. The van der Waals surface area contributed by atoms with Crippen LogP contribution in [0.5, 0.6) is 11.5 Å². The van der Waals surface area contributed by atoms with E-state index in [0.717, 1.165) is 11.5 Å². The van der Waals surface area contributed by atoms with Crippen molar-refractivity contribution in [3.8, 4) is 33.8 Å². The van der Waals surface area contributed by atoms with Gasteiger partial charge >= 0.3 is 25.8 Å². The Kier molecular flexibility index (Phi) is 10.6. The second-order valence-electron chi connectivity index (χ2n) is 12.4. The summed E-state index contributed by atoms with van der Waals surface area (Å²) in [5.74, 6) is 1.83. The Bertz CT molecular complexity index is 1710. The van der Waals surface area contributed by atoms with Gasteiger partial charge < -0.3 is 24.3 Å². The maximum atomic E-state index is 5.89. The average molecular weight is 759 g/mol. The number of rotatable bonds is 8. The Balaban J connectivity index is 0.00000154. The largest absolute Gasteiger partial charge is 4.00 e. The van der Waals surface area contributed by atoms with Gasteiger partial charge in [-0.3, -0.25) is 0 Å². The second-order valence-corrected chi connectivity index (χ2v) is 12.4. The Morgan fingerprint density at radius 1 is 0.578 bits per heavy atom. The third kappa shape index (κ3) is 6.47. The summed E-state index contributed by atoms with van der Waals surface area (Å²) in [5.41, 5.74) is 7.98. The van der Waals surface area contributed by atoms with E-state index in [1.807, 2.05) is 0 Å². The van der Waals surface area contributed by atoms with Gasteiger partial charge in [0.15, 0.2) is 0 Å². The average Bonchev–Trinajstić information content (AvgIpc) is 3.58. The maximum absolute atomic E-state index is 5.89. The van der Waals surface area contributed by atoms with Gasteiger partial charge in [-0.05, 0) is 81.3 Å². The molecule has 0 atom stereocenters. The molecule has 45 heavy (non-hydrogen) atoms. The first-order valence-corrected chi connectivity index (χ1v) is 15.3. The Hall–Kier alpha value is -3.43. The van der Waals surface area contributed by atoms with E-state index in [0.29, 0.717) is 0 Å². The van der Waals surface area contributed by atoms with Gasteiger partial charge in [-0.1, -0.05) is 53.9 Å². The molecule has 0 aliphatic heterocycles. The molecule has 7 rings (SSSR count). The molecule has 0 unspecified atom stereocenters. The number of ether oxygens (including phenoxy) is 2. The Labute approximate surface area is 288 Å². The molecule has 6 aromatic carbocycles. The summed E-state index contributed by atoms with van der Waals surface area (Å²) in [6.45, 7) is 8.25. The molecule has 1 saturated carbocycles. The summed E-state index contributed by atoms with van der Waals surface area (Å²) >= 11 is 0. The van der Waals surface area contributed by atoms with Crippen molar-refractivity contribution in [1.29, 1.82) is 0 Å². The van der Waals surface area contributed by atoms with Crippen LogP contribution in [-0.4, -0.2) is 12.2 Å². The zero-order valence-electron chi connectivity index (χ0n) is 27.5. The fraction of sp³-hybridized carbons (Fsp3) is 0.238. The molecule has 0 N–H and O–H groups in total. The summed E-state index contributed by atoms with van der Waals surface area (Å²) in [6, 6.07) is 40.3. The molecule has 1 aliphatic carbocycles. The van der Waals surface area contributed by atoms with E-state index in [4.69, 9.17) is 9.47 Å². The van der Waals surface area contributed by atoms with Crippen molar-refractivity contribution < 1.29 is 35.3 Å². The first kappa shape index (κ1) is 34.4. The van der Waals surface area contributed by atoms with Crippen LogP contribution in [0.2, 0.25) is 0 Å². The molecule has 3 heteroatoms.